The second-order valence-electron chi connectivity index (χ2n) is 5.33. The molecule has 2 N–H and O–H groups in total. The van der Waals surface area contributed by atoms with E-state index in [0.717, 1.165) is 27.5 Å². The van der Waals surface area contributed by atoms with E-state index in [9.17, 15) is 5.21 Å². The Kier molecular flexibility index (Phi) is 5.52. The third kappa shape index (κ3) is 3.70. The molecule has 0 saturated heterocycles. The molecule has 0 amide bonds. The van der Waals surface area contributed by atoms with Crippen molar-refractivity contribution in [2.45, 2.75) is 5.16 Å². The topological polar surface area (TPSA) is 89.0 Å². The minimum atomic E-state index is 0.433. The van der Waals surface area contributed by atoms with Crippen molar-refractivity contribution >= 4 is 28.5 Å². The van der Waals surface area contributed by atoms with Crippen molar-refractivity contribution in [2.24, 2.45) is 5.16 Å². The van der Waals surface area contributed by atoms with Gasteiger partial charge in [0, 0.05) is 17.4 Å². The first-order chi connectivity index (χ1) is 12.7. The lowest BCUT2D eigenvalue weighted by molar-refractivity contribution is 0.319. The summed E-state index contributed by atoms with van der Waals surface area (Å²) < 4.78 is 15.7. The molecule has 7 nitrogen and oxygen atoms in total. The van der Waals surface area contributed by atoms with Crippen LogP contribution >= 0.6 is 11.8 Å². The van der Waals surface area contributed by atoms with Gasteiger partial charge in [0.15, 0.2) is 16.7 Å². The van der Waals surface area contributed by atoms with Crippen molar-refractivity contribution < 1.29 is 19.4 Å². The van der Waals surface area contributed by atoms with E-state index in [2.05, 4.69) is 15.1 Å². The summed E-state index contributed by atoms with van der Waals surface area (Å²) in [5.74, 6) is 2.39. The van der Waals surface area contributed by atoms with Crippen LogP contribution in [0, 0.1) is 0 Å². The molecule has 0 aliphatic carbocycles. The number of imidazole rings is 1. The van der Waals surface area contributed by atoms with Crippen LogP contribution in [0.15, 0.2) is 46.7 Å². The summed E-state index contributed by atoms with van der Waals surface area (Å²) in [7, 11) is 4.76. The molecular weight excluding hydrogens is 354 g/mol. The van der Waals surface area contributed by atoms with Gasteiger partial charge in [-0.25, -0.2) is 4.98 Å². The summed E-state index contributed by atoms with van der Waals surface area (Å²) in [6, 6.07) is 11.0. The summed E-state index contributed by atoms with van der Waals surface area (Å²) in [4.78, 5) is 7.75. The number of thioether (sulfide) groups is 1. The van der Waals surface area contributed by atoms with Crippen LogP contribution in [-0.4, -0.2) is 48.0 Å². The van der Waals surface area contributed by atoms with E-state index in [1.165, 1.54) is 11.8 Å². The maximum absolute atomic E-state index is 9.41. The zero-order chi connectivity index (χ0) is 18.5. The summed E-state index contributed by atoms with van der Waals surface area (Å²) in [6.45, 7) is 0. The second kappa shape index (κ2) is 8.01. The smallest absolute Gasteiger partial charge is 0.166 e. The van der Waals surface area contributed by atoms with Gasteiger partial charge in [0.2, 0.25) is 0 Å². The van der Waals surface area contributed by atoms with Gasteiger partial charge in [-0.1, -0.05) is 16.9 Å². The van der Waals surface area contributed by atoms with Gasteiger partial charge in [0.05, 0.1) is 38.1 Å². The third-order valence-corrected chi connectivity index (χ3v) is 4.73. The highest BCUT2D eigenvalue weighted by atomic mass is 32.2. The highest BCUT2D eigenvalue weighted by Crippen LogP contribution is 2.29. The van der Waals surface area contributed by atoms with Crippen molar-refractivity contribution in [3.8, 4) is 17.2 Å². The van der Waals surface area contributed by atoms with Crippen molar-refractivity contribution in [3.63, 3.8) is 0 Å². The molecule has 3 aromatic rings. The minimum Gasteiger partial charge on any atom is -0.497 e. The Balaban J connectivity index is 1.77. The lowest BCUT2D eigenvalue weighted by atomic mass is 10.1. The van der Waals surface area contributed by atoms with Gasteiger partial charge < -0.3 is 24.4 Å². The third-order valence-electron chi connectivity index (χ3n) is 3.85. The van der Waals surface area contributed by atoms with E-state index < -0.39 is 0 Å². The molecular formula is C18H19N3O4S. The zero-order valence-corrected chi connectivity index (χ0v) is 15.5. The summed E-state index contributed by atoms with van der Waals surface area (Å²) in [5.41, 5.74) is 2.99. The molecule has 0 bridgehead atoms. The fourth-order valence-corrected chi connectivity index (χ4v) is 3.33. The normalized spacial score (nSPS) is 11.6. The Bertz CT molecular complexity index is 939. The Labute approximate surface area is 155 Å². The number of nitrogens with one attached hydrogen (secondary N) is 1. The lowest BCUT2D eigenvalue weighted by Gasteiger charge is -2.10. The highest BCUT2D eigenvalue weighted by Gasteiger charge is 2.12. The van der Waals surface area contributed by atoms with Crippen LogP contribution in [-0.2, 0) is 0 Å². The number of methoxy groups -OCH3 is 3. The Hall–Kier alpha value is -2.87. The van der Waals surface area contributed by atoms with E-state index in [0.29, 0.717) is 23.0 Å². The van der Waals surface area contributed by atoms with Gasteiger partial charge in [-0.15, -0.1) is 0 Å². The van der Waals surface area contributed by atoms with Crippen molar-refractivity contribution in [2.75, 3.05) is 27.1 Å². The largest absolute Gasteiger partial charge is 0.497 e. The number of benzene rings is 2. The number of hydrogen-bond acceptors (Lipinski definition) is 7. The SMILES string of the molecule is COc1ccc2nc(SC/C(=N/O)c3ccc(OC)c(OC)c3)[nH]c2c1. The Morgan fingerprint density at radius 3 is 2.58 bits per heavy atom. The Morgan fingerprint density at radius 2 is 1.88 bits per heavy atom. The van der Waals surface area contributed by atoms with Crippen LogP contribution in [0.25, 0.3) is 11.0 Å². The molecule has 0 atom stereocenters. The van der Waals surface area contributed by atoms with Gasteiger partial charge in [-0.3, -0.25) is 0 Å². The monoisotopic (exact) mass is 373 g/mol. The lowest BCUT2D eigenvalue weighted by Crippen LogP contribution is -2.05. The number of fused-ring (bicyclic) bond motifs is 1. The summed E-state index contributed by atoms with van der Waals surface area (Å²) in [5, 5.41) is 13.6. The first kappa shape index (κ1) is 17.9. The quantitative estimate of drug-likeness (QED) is 0.285. The zero-order valence-electron chi connectivity index (χ0n) is 14.6. The van der Waals surface area contributed by atoms with Crippen LogP contribution in [0.4, 0.5) is 0 Å². The maximum atomic E-state index is 9.41. The molecule has 3 rings (SSSR count). The molecule has 0 radical (unpaired) electrons. The molecule has 2 aromatic carbocycles. The maximum Gasteiger partial charge on any atom is 0.166 e. The molecule has 0 fully saturated rings. The van der Waals surface area contributed by atoms with Crippen LogP contribution in [0.2, 0.25) is 0 Å². The standard InChI is InChI=1S/C18H19N3O4S/c1-23-12-5-6-13-14(9-12)20-18(19-13)26-10-15(21-22)11-4-7-16(24-2)17(8-11)25-3/h4-9,22H,10H2,1-3H3,(H,19,20)/b21-15-. The number of aromatic nitrogens is 2. The van der Waals surface area contributed by atoms with Gasteiger partial charge in [0.1, 0.15) is 5.75 Å². The number of rotatable bonds is 7. The van der Waals surface area contributed by atoms with Crippen LogP contribution < -0.4 is 14.2 Å². The number of ether oxygens (including phenoxy) is 3. The first-order valence-electron chi connectivity index (χ1n) is 7.78. The van der Waals surface area contributed by atoms with E-state index >= 15 is 0 Å². The molecule has 1 heterocycles. The highest BCUT2D eigenvalue weighted by molar-refractivity contribution is 7.99. The molecule has 0 unspecified atom stereocenters. The fourth-order valence-electron chi connectivity index (χ4n) is 2.48. The number of hydrogen-bond donors (Lipinski definition) is 2. The van der Waals surface area contributed by atoms with Crippen LogP contribution in [0.1, 0.15) is 5.56 Å². The van der Waals surface area contributed by atoms with Crippen molar-refractivity contribution in [1.29, 1.82) is 0 Å². The number of nitrogens with zero attached hydrogens (tertiary/aromatic N) is 2. The molecule has 0 spiro atoms. The number of aromatic amines is 1. The first-order valence-corrected chi connectivity index (χ1v) is 8.77. The average molecular weight is 373 g/mol. The summed E-state index contributed by atoms with van der Waals surface area (Å²) in [6.07, 6.45) is 0. The van der Waals surface area contributed by atoms with E-state index in [-0.39, 0.29) is 0 Å². The van der Waals surface area contributed by atoms with E-state index in [1.54, 1.807) is 33.5 Å². The minimum absolute atomic E-state index is 0.433. The number of H-pyrrole nitrogens is 1. The second-order valence-corrected chi connectivity index (χ2v) is 6.29. The van der Waals surface area contributed by atoms with Crippen LogP contribution in [0.3, 0.4) is 0 Å². The molecule has 1 aromatic heterocycles. The van der Waals surface area contributed by atoms with E-state index in [4.69, 9.17) is 14.2 Å². The summed E-state index contributed by atoms with van der Waals surface area (Å²) >= 11 is 1.44. The van der Waals surface area contributed by atoms with E-state index in [1.807, 2.05) is 24.3 Å². The molecule has 0 saturated carbocycles. The van der Waals surface area contributed by atoms with Gasteiger partial charge in [-0.2, -0.15) is 0 Å². The van der Waals surface area contributed by atoms with Crippen molar-refractivity contribution in [1.82, 2.24) is 9.97 Å². The predicted octanol–water partition coefficient (Wildman–Crippen LogP) is 3.56. The molecule has 8 heteroatoms. The molecule has 0 aliphatic rings. The fraction of sp³-hybridized carbons (Fsp3) is 0.222. The Morgan fingerprint density at radius 1 is 1.08 bits per heavy atom. The number of oxime groups is 1. The van der Waals surface area contributed by atoms with Gasteiger partial charge in [0.25, 0.3) is 0 Å². The van der Waals surface area contributed by atoms with Crippen LogP contribution in [0.5, 0.6) is 17.2 Å². The predicted molar refractivity (Wildman–Crippen MR) is 101 cm³/mol. The average Bonchev–Trinajstić information content (AvgIpc) is 3.10. The van der Waals surface area contributed by atoms with Crippen molar-refractivity contribution in [3.05, 3.63) is 42.0 Å². The molecule has 0 aliphatic heterocycles. The molecule has 26 heavy (non-hydrogen) atoms. The molecule has 136 valence electrons. The van der Waals surface area contributed by atoms with Gasteiger partial charge >= 0.3 is 0 Å². The van der Waals surface area contributed by atoms with Gasteiger partial charge in [-0.05, 0) is 30.3 Å².